The van der Waals surface area contributed by atoms with Gasteiger partial charge in [0.15, 0.2) is 0 Å². The molecule has 1 N–H and O–H groups in total. The SMILES string of the molecule is CCc1ccccc1N(CC(=O)NCCCc1ccc(Cl)cc1)S(C)(=O)=O. The van der Waals surface area contributed by atoms with Crippen molar-refractivity contribution in [1.82, 2.24) is 5.32 Å². The minimum absolute atomic E-state index is 0.225. The first-order valence-corrected chi connectivity index (χ1v) is 11.1. The Morgan fingerprint density at radius 2 is 1.78 bits per heavy atom. The van der Waals surface area contributed by atoms with E-state index in [0.717, 1.165) is 30.2 Å². The molecule has 0 saturated carbocycles. The van der Waals surface area contributed by atoms with Gasteiger partial charge < -0.3 is 5.32 Å². The van der Waals surface area contributed by atoms with Gasteiger partial charge >= 0.3 is 0 Å². The number of nitrogens with zero attached hydrogens (tertiary/aromatic N) is 1. The second-order valence-corrected chi connectivity index (χ2v) is 8.68. The molecule has 7 heteroatoms. The fourth-order valence-corrected chi connectivity index (χ4v) is 3.81. The van der Waals surface area contributed by atoms with Gasteiger partial charge in [-0.25, -0.2) is 8.42 Å². The smallest absolute Gasteiger partial charge is 0.240 e. The number of hydrogen-bond donors (Lipinski definition) is 1. The summed E-state index contributed by atoms with van der Waals surface area (Å²) in [5, 5.41) is 3.50. The Labute approximate surface area is 166 Å². The van der Waals surface area contributed by atoms with E-state index in [-0.39, 0.29) is 12.5 Å². The number of amides is 1. The summed E-state index contributed by atoms with van der Waals surface area (Å²) in [5.74, 6) is -0.317. The maximum atomic E-state index is 12.3. The first-order valence-electron chi connectivity index (χ1n) is 8.88. The van der Waals surface area contributed by atoms with Crippen LogP contribution in [0, 0.1) is 0 Å². The molecule has 0 aromatic heterocycles. The van der Waals surface area contributed by atoms with Crippen LogP contribution in [0.15, 0.2) is 48.5 Å². The number of carbonyl (C=O) groups excluding carboxylic acids is 1. The van der Waals surface area contributed by atoms with Gasteiger partial charge in [0.1, 0.15) is 6.54 Å². The van der Waals surface area contributed by atoms with E-state index in [1.165, 1.54) is 4.31 Å². The average Bonchev–Trinajstić information content (AvgIpc) is 2.64. The molecule has 27 heavy (non-hydrogen) atoms. The Morgan fingerprint density at radius 3 is 2.41 bits per heavy atom. The molecule has 146 valence electrons. The van der Waals surface area contributed by atoms with Gasteiger partial charge in [-0.3, -0.25) is 9.10 Å². The van der Waals surface area contributed by atoms with Gasteiger partial charge in [-0.2, -0.15) is 0 Å². The number of aryl methyl sites for hydroxylation is 2. The first kappa shape index (κ1) is 21.3. The van der Waals surface area contributed by atoms with Crippen LogP contribution in [0.5, 0.6) is 0 Å². The second-order valence-electron chi connectivity index (χ2n) is 6.33. The monoisotopic (exact) mass is 408 g/mol. The van der Waals surface area contributed by atoms with Crippen molar-refractivity contribution in [3.8, 4) is 0 Å². The molecule has 0 atom stereocenters. The summed E-state index contributed by atoms with van der Waals surface area (Å²) < 4.78 is 25.6. The lowest BCUT2D eigenvalue weighted by Crippen LogP contribution is -2.41. The van der Waals surface area contributed by atoms with E-state index in [4.69, 9.17) is 11.6 Å². The van der Waals surface area contributed by atoms with Crippen LogP contribution in [-0.4, -0.2) is 33.7 Å². The number of halogens is 1. The van der Waals surface area contributed by atoms with E-state index in [9.17, 15) is 13.2 Å². The largest absolute Gasteiger partial charge is 0.355 e. The summed E-state index contributed by atoms with van der Waals surface area (Å²) in [4.78, 5) is 12.3. The minimum atomic E-state index is -3.56. The topological polar surface area (TPSA) is 66.5 Å². The van der Waals surface area contributed by atoms with E-state index >= 15 is 0 Å². The third kappa shape index (κ3) is 6.56. The quantitative estimate of drug-likeness (QED) is 0.646. The van der Waals surface area contributed by atoms with Crippen LogP contribution < -0.4 is 9.62 Å². The van der Waals surface area contributed by atoms with E-state index in [1.54, 1.807) is 12.1 Å². The Bertz CT molecular complexity index is 867. The highest BCUT2D eigenvalue weighted by Crippen LogP contribution is 2.23. The van der Waals surface area contributed by atoms with Crippen LogP contribution in [0.2, 0.25) is 5.02 Å². The number of hydrogen-bond acceptors (Lipinski definition) is 3. The number of rotatable bonds is 9. The van der Waals surface area contributed by atoms with Crippen molar-refractivity contribution in [2.24, 2.45) is 0 Å². The van der Waals surface area contributed by atoms with Gasteiger partial charge in [-0.05, 0) is 48.6 Å². The standard InChI is InChI=1S/C20H25ClN2O3S/c1-3-17-8-4-5-9-19(17)23(27(2,25)26)15-20(24)22-14-6-7-16-10-12-18(21)13-11-16/h4-5,8-13H,3,6-7,14-15H2,1-2H3,(H,22,24). The normalized spacial score (nSPS) is 11.2. The molecule has 0 bridgehead atoms. The zero-order valence-electron chi connectivity index (χ0n) is 15.6. The Hall–Kier alpha value is -2.05. The molecule has 0 aliphatic rings. The molecule has 2 aromatic rings. The molecule has 2 rings (SSSR count). The van der Waals surface area contributed by atoms with E-state index in [0.29, 0.717) is 23.7 Å². The number of benzene rings is 2. The van der Waals surface area contributed by atoms with Crippen molar-refractivity contribution in [3.63, 3.8) is 0 Å². The summed E-state index contributed by atoms with van der Waals surface area (Å²) >= 11 is 5.86. The molecule has 0 saturated heterocycles. The molecule has 0 aliphatic heterocycles. The van der Waals surface area contributed by atoms with E-state index in [2.05, 4.69) is 5.32 Å². The summed E-state index contributed by atoms with van der Waals surface area (Å²) in [6.45, 7) is 2.21. The average molecular weight is 409 g/mol. The summed E-state index contributed by atoms with van der Waals surface area (Å²) in [5.41, 5.74) is 2.58. The van der Waals surface area contributed by atoms with Crippen molar-refractivity contribution in [2.75, 3.05) is 23.7 Å². The zero-order chi connectivity index (χ0) is 19.9. The molecule has 0 heterocycles. The molecule has 2 aromatic carbocycles. The van der Waals surface area contributed by atoms with Crippen LogP contribution in [-0.2, 0) is 27.7 Å². The molecule has 0 aliphatic carbocycles. The highest BCUT2D eigenvalue weighted by Gasteiger charge is 2.22. The Kier molecular flexibility index (Phi) is 7.68. The van der Waals surface area contributed by atoms with Gasteiger partial charge in [0.05, 0.1) is 11.9 Å². The molecule has 0 unspecified atom stereocenters. The number of para-hydroxylation sites is 1. The Morgan fingerprint density at radius 1 is 1.11 bits per heavy atom. The molecule has 0 fully saturated rings. The van der Waals surface area contributed by atoms with Gasteiger partial charge in [0.2, 0.25) is 15.9 Å². The number of sulfonamides is 1. The molecular weight excluding hydrogens is 384 g/mol. The third-order valence-electron chi connectivity index (χ3n) is 4.21. The summed E-state index contributed by atoms with van der Waals surface area (Å²) in [7, 11) is -3.56. The van der Waals surface area contributed by atoms with E-state index in [1.807, 2.05) is 43.3 Å². The molecular formula is C20H25ClN2O3S. The predicted molar refractivity (Wildman–Crippen MR) is 111 cm³/mol. The van der Waals surface area contributed by atoms with Crippen molar-refractivity contribution in [1.29, 1.82) is 0 Å². The zero-order valence-corrected chi connectivity index (χ0v) is 17.2. The maximum absolute atomic E-state index is 12.3. The van der Waals surface area contributed by atoms with Crippen LogP contribution in [0.25, 0.3) is 0 Å². The molecule has 1 amide bonds. The van der Waals surface area contributed by atoms with Crippen LogP contribution in [0.4, 0.5) is 5.69 Å². The number of nitrogens with one attached hydrogen (secondary N) is 1. The fourth-order valence-electron chi connectivity index (χ4n) is 2.79. The lowest BCUT2D eigenvalue weighted by atomic mass is 10.1. The van der Waals surface area contributed by atoms with Crippen molar-refractivity contribution >= 4 is 33.2 Å². The minimum Gasteiger partial charge on any atom is -0.355 e. The second kappa shape index (κ2) is 9.76. The number of anilines is 1. The van der Waals surface area contributed by atoms with Gasteiger partial charge in [-0.15, -0.1) is 0 Å². The highest BCUT2D eigenvalue weighted by atomic mass is 35.5. The summed E-state index contributed by atoms with van der Waals surface area (Å²) in [6, 6.07) is 14.8. The third-order valence-corrected chi connectivity index (χ3v) is 5.58. The lowest BCUT2D eigenvalue weighted by Gasteiger charge is -2.24. The maximum Gasteiger partial charge on any atom is 0.240 e. The van der Waals surface area contributed by atoms with Crippen molar-refractivity contribution in [2.45, 2.75) is 26.2 Å². The van der Waals surface area contributed by atoms with Crippen LogP contribution in [0.1, 0.15) is 24.5 Å². The van der Waals surface area contributed by atoms with Gasteiger partial charge in [0, 0.05) is 11.6 Å². The summed E-state index contributed by atoms with van der Waals surface area (Å²) in [6.07, 6.45) is 3.38. The van der Waals surface area contributed by atoms with Crippen LogP contribution >= 0.6 is 11.6 Å². The lowest BCUT2D eigenvalue weighted by molar-refractivity contribution is -0.119. The first-order chi connectivity index (χ1) is 12.8. The van der Waals surface area contributed by atoms with Gasteiger partial charge in [-0.1, -0.05) is 48.9 Å². The fraction of sp³-hybridized carbons (Fsp3) is 0.350. The molecule has 5 nitrogen and oxygen atoms in total. The predicted octanol–water partition coefficient (Wildman–Crippen LogP) is 3.42. The van der Waals surface area contributed by atoms with Crippen LogP contribution in [0.3, 0.4) is 0 Å². The van der Waals surface area contributed by atoms with Crippen molar-refractivity contribution in [3.05, 3.63) is 64.7 Å². The number of carbonyl (C=O) groups is 1. The molecule has 0 spiro atoms. The Balaban J connectivity index is 1.93. The molecule has 0 radical (unpaired) electrons. The van der Waals surface area contributed by atoms with Gasteiger partial charge in [0.25, 0.3) is 0 Å². The van der Waals surface area contributed by atoms with E-state index < -0.39 is 10.0 Å². The highest BCUT2D eigenvalue weighted by molar-refractivity contribution is 7.92. The van der Waals surface area contributed by atoms with Crippen molar-refractivity contribution < 1.29 is 13.2 Å².